The van der Waals surface area contributed by atoms with Crippen LogP contribution in [0.4, 0.5) is 0 Å². The minimum atomic E-state index is -2.90. The van der Waals surface area contributed by atoms with Crippen LogP contribution in [0, 0.1) is 0 Å². The van der Waals surface area contributed by atoms with Gasteiger partial charge < -0.3 is 9.52 Å². The van der Waals surface area contributed by atoms with Crippen molar-refractivity contribution in [3.8, 4) is 5.75 Å². The molecule has 5 rings (SSSR count). The van der Waals surface area contributed by atoms with Crippen LogP contribution in [-0.2, 0) is 35.9 Å². The lowest BCUT2D eigenvalue weighted by atomic mass is 9.99. The van der Waals surface area contributed by atoms with Crippen molar-refractivity contribution in [2.24, 2.45) is 0 Å². The molecule has 2 fully saturated rings. The number of aromatic hydroxyl groups is 1. The second-order valence-corrected chi connectivity index (χ2v) is 11.7. The Morgan fingerprint density at radius 2 is 1.76 bits per heavy atom. The Balaban J connectivity index is 1.22. The van der Waals surface area contributed by atoms with Crippen LogP contribution in [-0.4, -0.2) is 78.5 Å². The SMILES string of the molecule is O=c1occ(CN2CCc3ccccc3C2)c(O)c1CN1CCN([C@@H]2CCS(=O)(=O)C2)CC1. The van der Waals surface area contributed by atoms with Crippen LogP contribution in [0.25, 0.3) is 0 Å². The van der Waals surface area contributed by atoms with Crippen LogP contribution in [0.15, 0.2) is 39.7 Å². The van der Waals surface area contributed by atoms with E-state index in [9.17, 15) is 18.3 Å². The molecule has 1 atom stereocenters. The fourth-order valence-corrected chi connectivity index (χ4v) is 7.06. The van der Waals surface area contributed by atoms with E-state index < -0.39 is 15.5 Å². The van der Waals surface area contributed by atoms with Crippen LogP contribution in [0.2, 0.25) is 0 Å². The van der Waals surface area contributed by atoms with Gasteiger partial charge in [-0.1, -0.05) is 24.3 Å². The first-order chi connectivity index (χ1) is 15.9. The number of hydrogen-bond acceptors (Lipinski definition) is 8. The number of piperazine rings is 1. The van der Waals surface area contributed by atoms with Gasteiger partial charge in [0.25, 0.3) is 0 Å². The molecule has 1 aromatic carbocycles. The lowest BCUT2D eigenvalue weighted by Gasteiger charge is -2.37. The molecule has 4 heterocycles. The van der Waals surface area contributed by atoms with E-state index in [1.54, 1.807) is 0 Å². The molecule has 33 heavy (non-hydrogen) atoms. The molecule has 3 aliphatic rings. The quantitative estimate of drug-likeness (QED) is 0.693. The molecule has 2 saturated heterocycles. The van der Waals surface area contributed by atoms with Crippen molar-refractivity contribution >= 4 is 9.84 Å². The molecule has 0 unspecified atom stereocenters. The van der Waals surface area contributed by atoms with Gasteiger partial charge in [-0.25, -0.2) is 13.2 Å². The molecule has 0 spiro atoms. The van der Waals surface area contributed by atoms with Crippen LogP contribution in [0.5, 0.6) is 5.75 Å². The molecule has 2 aromatic rings. The molecule has 0 saturated carbocycles. The molecule has 0 aliphatic carbocycles. The normalized spacial score (nSPS) is 24.1. The first-order valence-corrected chi connectivity index (χ1v) is 13.5. The predicted molar refractivity (Wildman–Crippen MR) is 125 cm³/mol. The number of benzene rings is 1. The lowest BCUT2D eigenvalue weighted by molar-refractivity contribution is 0.0985. The van der Waals surface area contributed by atoms with Crippen LogP contribution in [0.3, 0.4) is 0 Å². The Morgan fingerprint density at radius 1 is 1.00 bits per heavy atom. The number of rotatable bonds is 5. The number of hydrogen-bond donors (Lipinski definition) is 1. The second-order valence-electron chi connectivity index (χ2n) is 9.47. The summed E-state index contributed by atoms with van der Waals surface area (Å²) in [6.07, 6.45) is 3.06. The standard InChI is InChI=1S/C24H31N3O5S/c28-23-20(14-26-7-5-18-3-1-2-4-19(18)13-26)16-32-24(29)22(23)15-25-8-10-27(11-9-25)21-6-12-33(30,31)17-21/h1-4,16,21,28H,5-15,17H2/t21-/m1/s1. The van der Waals surface area contributed by atoms with Gasteiger partial charge in [-0.05, 0) is 24.0 Å². The number of sulfone groups is 1. The van der Waals surface area contributed by atoms with Crippen LogP contribution in [0.1, 0.15) is 28.7 Å². The third kappa shape index (κ3) is 5.01. The molecular weight excluding hydrogens is 442 g/mol. The Bertz CT molecular complexity index is 1170. The Morgan fingerprint density at radius 3 is 2.48 bits per heavy atom. The van der Waals surface area contributed by atoms with Gasteiger partial charge >= 0.3 is 5.63 Å². The molecule has 178 valence electrons. The highest BCUT2D eigenvalue weighted by Crippen LogP contribution is 2.26. The van der Waals surface area contributed by atoms with Gasteiger partial charge in [-0.15, -0.1) is 0 Å². The summed E-state index contributed by atoms with van der Waals surface area (Å²) in [6.45, 7) is 5.54. The third-order valence-electron chi connectivity index (χ3n) is 7.26. The lowest BCUT2D eigenvalue weighted by Crippen LogP contribution is -2.50. The minimum absolute atomic E-state index is 0.0365. The zero-order valence-corrected chi connectivity index (χ0v) is 19.6. The second kappa shape index (κ2) is 9.21. The van der Waals surface area contributed by atoms with E-state index in [1.807, 2.05) is 6.07 Å². The summed E-state index contributed by atoms with van der Waals surface area (Å²) >= 11 is 0. The maximum Gasteiger partial charge on any atom is 0.343 e. The highest BCUT2D eigenvalue weighted by molar-refractivity contribution is 7.91. The fourth-order valence-electron chi connectivity index (χ4n) is 5.30. The van der Waals surface area contributed by atoms with Crippen LogP contribution < -0.4 is 5.63 Å². The summed E-state index contributed by atoms with van der Waals surface area (Å²) in [7, 11) is -2.90. The fraction of sp³-hybridized carbons (Fsp3) is 0.542. The van der Waals surface area contributed by atoms with E-state index in [1.165, 1.54) is 17.4 Å². The van der Waals surface area contributed by atoms with E-state index in [2.05, 4.69) is 32.9 Å². The van der Waals surface area contributed by atoms with E-state index in [-0.39, 0.29) is 23.3 Å². The van der Waals surface area contributed by atoms with Crippen molar-refractivity contribution in [1.29, 1.82) is 0 Å². The maximum atomic E-state index is 12.4. The number of fused-ring (bicyclic) bond motifs is 1. The van der Waals surface area contributed by atoms with E-state index in [0.717, 1.165) is 45.7 Å². The van der Waals surface area contributed by atoms with Gasteiger partial charge in [0.1, 0.15) is 12.0 Å². The predicted octanol–water partition coefficient (Wildman–Crippen LogP) is 1.21. The van der Waals surface area contributed by atoms with E-state index >= 15 is 0 Å². The van der Waals surface area contributed by atoms with E-state index in [4.69, 9.17) is 4.42 Å². The molecule has 1 N–H and O–H groups in total. The largest absolute Gasteiger partial charge is 0.507 e. The van der Waals surface area contributed by atoms with Gasteiger partial charge in [-0.3, -0.25) is 14.7 Å². The summed E-state index contributed by atoms with van der Waals surface area (Å²) in [4.78, 5) is 19.1. The average molecular weight is 474 g/mol. The van der Waals surface area contributed by atoms with Crippen molar-refractivity contribution in [3.63, 3.8) is 0 Å². The van der Waals surface area contributed by atoms with Crippen molar-refractivity contribution in [2.45, 2.75) is 38.5 Å². The molecular formula is C24H31N3O5S. The maximum absolute atomic E-state index is 12.4. The topological polar surface area (TPSA) is 94.3 Å². The van der Waals surface area contributed by atoms with E-state index in [0.29, 0.717) is 30.6 Å². The Kier molecular flexibility index (Phi) is 6.30. The molecule has 9 heteroatoms. The first kappa shape index (κ1) is 22.6. The molecule has 3 aliphatic heterocycles. The summed E-state index contributed by atoms with van der Waals surface area (Å²) in [5.74, 6) is 0.567. The third-order valence-corrected chi connectivity index (χ3v) is 9.01. The monoisotopic (exact) mass is 473 g/mol. The molecule has 1 aromatic heterocycles. The Hall–Kier alpha value is -2.20. The van der Waals surface area contributed by atoms with Crippen LogP contribution >= 0.6 is 0 Å². The van der Waals surface area contributed by atoms with Gasteiger partial charge in [0.05, 0.1) is 17.1 Å². The van der Waals surface area contributed by atoms with Gasteiger partial charge in [0, 0.05) is 64.0 Å². The van der Waals surface area contributed by atoms with Gasteiger partial charge in [0.2, 0.25) is 0 Å². The van der Waals surface area contributed by atoms with Gasteiger partial charge in [-0.2, -0.15) is 0 Å². The smallest absolute Gasteiger partial charge is 0.343 e. The average Bonchev–Trinajstić information content (AvgIpc) is 3.18. The molecule has 0 amide bonds. The molecule has 8 nitrogen and oxygen atoms in total. The minimum Gasteiger partial charge on any atom is -0.507 e. The summed E-state index contributed by atoms with van der Waals surface area (Å²) in [5.41, 5.74) is 3.12. The van der Waals surface area contributed by atoms with Crippen molar-refractivity contribution in [3.05, 3.63) is 63.2 Å². The van der Waals surface area contributed by atoms with Crippen molar-refractivity contribution < 1.29 is 17.9 Å². The van der Waals surface area contributed by atoms with Crippen molar-refractivity contribution in [1.82, 2.24) is 14.7 Å². The zero-order valence-electron chi connectivity index (χ0n) is 18.8. The zero-order chi connectivity index (χ0) is 23.0. The highest BCUT2D eigenvalue weighted by Gasteiger charge is 2.34. The molecule has 0 bridgehead atoms. The first-order valence-electron chi connectivity index (χ1n) is 11.7. The van der Waals surface area contributed by atoms with Gasteiger partial charge in [0.15, 0.2) is 9.84 Å². The summed E-state index contributed by atoms with van der Waals surface area (Å²) in [6, 6.07) is 8.51. The highest BCUT2D eigenvalue weighted by atomic mass is 32.2. The Labute approximate surface area is 194 Å². The molecule has 0 radical (unpaired) electrons. The summed E-state index contributed by atoms with van der Waals surface area (Å²) in [5, 5.41) is 10.9. The van der Waals surface area contributed by atoms with Crippen molar-refractivity contribution in [2.75, 3.05) is 44.2 Å². The number of nitrogens with zero attached hydrogens (tertiary/aromatic N) is 3. The summed E-state index contributed by atoms with van der Waals surface area (Å²) < 4.78 is 28.9.